The number of fused-ring (bicyclic) bond motifs is 1. The predicted molar refractivity (Wildman–Crippen MR) is 86.3 cm³/mol. The molecule has 0 saturated carbocycles. The lowest BCUT2D eigenvalue weighted by Gasteiger charge is -2.32. The van der Waals surface area contributed by atoms with E-state index in [-0.39, 0.29) is 5.91 Å². The highest BCUT2D eigenvalue weighted by Crippen LogP contribution is 2.26. The summed E-state index contributed by atoms with van der Waals surface area (Å²) in [5, 5.41) is 2.90. The molecule has 1 amide bonds. The number of sulfonamides is 1. The van der Waals surface area contributed by atoms with Gasteiger partial charge in [0.15, 0.2) is 0 Å². The lowest BCUT2D eigenvalue weighted by atomic mass is 10.0. The predicted octanol–water partition coefficient (Wildman–Crippen LogP) is 1.93. The fraction of sp³-hybridized carbons (Fsp3) is 0.562. The second kappa shape index (κ2) is 6.01. The van der Waals surface area contributed by atoms with E-state index in [1.54, 1.807) is 0 Å². The first-order valence-corrected chi connectivity index (χ1v) is 9.69. The first-order valence-electron chi connectivity index (χ1n) is 7.84. The monoisotopic (exact) mass is 322 g/mol. The summed E-state index contributed by atoms with van der Waals surface area (Å²) in [7, 11) is -3.35. The molecule has 1 N–H and O–H groups in total. The number of anilines is 1. The van der Waals surface area contributed by atoms with Crippen molar-refractivity contribution < 1.29 is 13.2 Å². The average molecular weight is 322 g/mol. The molecular formula is C16H22N2O3S. The molecule has 1 fully saturated rings. The molecule has 1 saturated heterocycles. The fourth-order valence-corrected chi connectivity index (χ4v) is 4.56. The Morgan fingerprint density at radius 2 is 1.95 bits per heavy atom. The molecule has 0 bridgehead atoms. The van der Waals surface area contributed by atoms with E-state index in [4.69, 9.17) is 0 Å². The van der Waals surface area contributed by atoms with Gasteiger partial charge in [0.05, 0.1) is 6.26 Å². The Morgan fingerprint density at radius 3 is 2.73 bits per heavy atom. The number of carbonyl (C=O) groups is 1. The Balaban J connectivity index is 1.75. The molecule has 1 aromatic rings. The first-order chi connectivity index (χ1) is 10.4. The van der Waals surface area contributed by atoms with Crippen molar-refractivity contribution in [1.29, 1.82) is 0 Å². The largest absolute Gasteiger partial charge is 0.325 e. The smallest absolute Gasteiger partial charge is 0.242 e. The molecule has 6 heteroatoms. The van der Waals surface area contributed by atoms with Gasteiger partial charge < -0.3 is 5.32 Å². The van der Waals surface area contributed by atoms with Crippen LogP contribution < -0.4 is 5.32 Å². The van der Waals surface area contributed by atoms with Crippen LogP contribution in [0.5, 0.6) is 0 Å². The van der Waals surface area contributed by atoms with Gasteiger partial charge in [-0.15, -0.1) is 0 Å². The van der Waals surface area contributed by atoms with Gasteiger partial charge in [-0.05, 0) is 55.4 Å². The zero-order valence-electron chi connectivity index (χ0n) is 12.8. The van der Waals surface area contributed by atoms with Gasteiger partial charge >= 0.3 is 0 Å². The molecule has 5 nitrogen and oxygen atoms in total. The number of carbonyl (C=O) groups excluding carboxylic acids is 1. The maximum Gasteiger partial charge on any atom is 0.242 e. The average Bonchev–Trinajstić information content (AvgIpc) is 2.94. The van der Waals surface area contributed by atoms with E-state index >= 15 is 0 Å². The highest BCUT2D eigenvalue weighted by molar-refractivity contribution is 7.88. The molecular weight excluding hydrogens is 300 g/mol. The van der Waals surface area contributed by atoms with Crippen LogP contribution in [0.3, 0.4) is 0 Å². The normalized spacial score (nSPS) is 22.3. The van der Waals surface area contributed by atoms with E-state index in [0.29, 0.717) is 13.0 Å². The molecule has 1 aromatic carbocycles. The molecule has 0 spiro atoms. The fourth-order valence-electron chi connectivity index (χ4n) is 3.44. The maximum absolute atomic E-state index is 12.5. The SMILES string of the molecule is CS(=O)(=O)N1CCCC[C@H]1C(=O)Nc1ccc2c(c1)CCC2. The number of nitrogens with zero attached hydrogens (tertiary/aromatic N) is 1. The van der Waals surface area contributed by atoms with Crippen molar-refractivity contribution in [2.24, 2.45) is 0 Å². The van der Waals surface area contributed by atoms with Crippen molar-refractivity contribution >= 4 is 21.6 Å². The molecule has 22 heavy (non-hydrogen) atoms. The van der Waals surface area contributed by atoms with Gasteiger partial charge in [-0.2, -0.15) is 4.31 Å². The van der Waals surface area contributed by atoms with Crippen LogP contribution in [-0.4, -0.2) is 37.5 Å². The molecule has 1 atom stereocenters. The first kappa shape index (κ1) is 15.5. The zero-order chi connectivity index (χ0) is 15.7. The minimum absolute atomic E-state index is 0.219. The van der Waals surface area contributed by atoms with Crippen LogP contribution in [0.4, 0.5) is 5.69 Å². The van der Waals surface area contributed by atoms with Crippen molar-refractivity contribution in [2.45, 2.75) is 44.6 Å². The summed E-state index contributed by atoms with van der Waals surface area (Å²) in [6.45, 7) is 0.432. The number of rotatable bonds is 3. The van der Waals surface area contributed by atoms with Crippen molar-refractivity contribution in [2.75, 3.05) is 18.1 Å². The molecule has 1 aliphatic carbocycles. The number of benzene rings is 1. The van der Waals surface area contributed by atoms with E-state index < -0.39 is 16.1 Å². The second-order valence-corrected chi connectivity index (χ2v) is 8.15. The third-order valence-electron chi connectivity index (χ3n) is 4.55. The number of hydrogen-bond donors (Lipinski definition) is 1. The van der Waals surface area contributed by atoms with Gasteiger partial charge in [-0.25, -0.2) is 8.42 Å². The van der Waals surface area contributed by atoms with Gasteiger partial charge in [-0.1, -0.05) is 12.5 Å². The summed E-state index contributed by atoms with van der Waals surface area (Å²) in [6.07, 6.45) is 6.78. The topological polar surface area (TPSA) is 66.5 Å². The number of amides is 1. The lowest BCUT2D eigenvalue weighted by Crippen LogP contribution is -2.49. The standard InChI is InChI=1S/C16H22N2O3S/c1-22(20,21)18-10-3-2-7-15(18)16(19)17-14-9-8-12-5-4-6-13(12)11-14/h8-9,11,15H,2-7,10H2,1H3,(H,17,19)/t15-/m0/s1. The number of aryl methyl sites for hydroxylation is 2. The lowest BCUT2D eigenvalue weighted by molar-refractivity contribution is -0.120. The molecule has 0 aromatic heterocycles. The summed E-state index contributed by atoms with van der Waals surface area (Å²) in [6, 6.07) is 5.41. The van der Waals surface area contributed by atoms with E-state index in [1.807, 2.05) is 12.1 Å². The van der Waals surface area contributed by atoms with Crippen molar-refractivity contribution in [3.63, 3.8) is 0 Å². The van der Waals surface area contributed by atoms with Crippen molar-refractivity contribution in [1.82, 2.24) is 4.31 Å². The van der Waals surface area contributed by atoms with Crippen LogP contribution >= 0.6 is 0 Å². The van der Waals surface area contributed by atoms with Crippen LogP contribution in [0.15, 0.2) is 18.2 Å². The minimum Gasteiger partial charge on any atom is -0.325 e. The van der Waals surface area contributed by atoms with Crippen LogP contribution in [0.2, 0.25) is 0 Å². The molecule has 0 radical (unpaired) electrons. The third kappa shape index (κ3) is 3.17. The van der Waals surface area contributed by atoms with Crippen molar-refractivity contribution in [3.05, 3.63) is 29.3 Å². The van der Waals surface area contributed by atoms with Gasteiger partial charge in [0.1, 0.15) is 6.04 Å². The zero-order valence-corrected chi connectivity index (χ0v) is 13.7. The molecule has 1 aliphatic heterocycles. The summed E-state index contributed by atoms with van der Waals surface area (Å²) in [4.78, 5) is 12.5. The molecule has 120 valence electrons. The number of hydrogen-bond acceptors (Lipinski definition) is 3. The molecule has 1 heterocycles. The second-order valence-electron chi connectivity index (χ2n) is 6.21. The van der Waals surface area contributed by atoms with E-state index in [9.17, 15) is 13.2 Å². The Labute approximate surface area is 131 Å². The highest BCUT2D eigenvalue weighted by atomic mass is 32.2. The molecule has 0 unspecified atom stereocenters. The van der Waals surface area contributed by atoms with Crippen LogP contribution in [0.1, 0.15) is 36.8 Å². The van der Waals surface area contributed by atoms with Gasteiger partial charge in [0.2, 0.25) is 15.9 Å². The summed E-state index contributed by atoms with van der Waals surface area (Å²) in [5.74, 6) is -0.219. The van der Waals surface area contributed by atoms with E-state index in [1.165, 1.54) is 21.7 Å². The highest BCUT2D eigenvalue weighted by Gasteiger charge is 2.34. The number of piperidine rings is 1. The Kier molecular flexibility index (Phi) is 4.23. The minimum atomic E-state index is -3.35. The van der Waals surface area contributed by atoms with E-state index in [0.717, 1.165) is 37.8 Å². The van der Waals surface area contributed by atoms with Gasteiger partial charge in [0, 0.05) is 12.2 Å². The molecule has 3 rings (SSSR count). The Hall–Kier alpha value is -1.40. The Morgan fingerprint density at radius 1 is 1.18 bits per heavy atom. The van der Waals surface area contributed by atoms with Crippen molar-refractivity contribution in [3.8, 4) is 0 Å². The van der Waals surface area contributed by atoms with Crippen LogP contribution in [0, 0.1) is 0 Å². The van der Waals surface area contributed by atoms with E-state index in [2.05, 4.69) is 11.4 Å². The summed E-state index contributed by atoms with van der Waals surface area (Å²) >= 11 is 0. The summed E-state index contributed by atoms with van der Waals surface area (Å²) in [5.41, 5.74) is 3.42. The quantitative estimate of drug-likeness (QED) is 0.924. The van der Waals surface area contributed by atoms with Crippen LogP contribution in [0.25, 0.3) is 0 Å². The van der Waals surface area contributed by atoms with Crippen LogP contribution in [-0.2, 0) is 27.7 Å². The number of nitrogens with one attached hydrogen (secondary N) is 1. The molecule has 2 aliphatic rings. The maximum atomic E-state index is 12.5. The third-order valence-corrected chi connectivity index (χ3v) is 5.84. The van der Waals surface area contributed by atoms with Gasteiger partial charge in [0.25, 0.3) is 0 Å². The summed E-state index contributed by atoms with van der Waals surface area (Å²) < 4.78 is 25.0. The van der Waals surface area contributed by atoms with Gasteiger partial charge in [-0.3, -0.25) is 4.79 Å². The Bertz CT molecular complexity index is 685.